The molecule has 7 nitrogen and oxygen atoms in total. The lowest BCUT2D eigenvalue weighted by atomic mass is 9.95. The zero-order valence-corrected chi connectivity index (χ0v) is 17.2. The number of anilines is 2. The first-order chi connectivity index (χ1) is 14.0. The Hall–Kier alpha value is -3.09. The molecule has 1 aliphatic rings. The van der Waals surface area contributed by atoms with Crippen LogP contribution < -0.4 is 10.9 Å². The van der Waals surface area contributed by atoms with Crippen LogP contribution in [0.15, 0.2) is 35.3 Å². The molecule has 2 heterocycles. The van der Waals surface area contributed by atoms with E-state index < -0.39 is 0 Å². The van der Waals surface area contributed by atoms with E-state index in [1.807, 2.05) is 35.9 Å². The SMILES string of the molecule is Cc1cc(Nc2nn(C3CCCCC3)c3cc[nH]c(=O)c23)ccc1C(=O)N(C)C. The highest BCUT2D eigenvalue weighted by Crippen LogP contribution is 2.33. The zero-order chi connectivity index (χ0) is 20.5. The van der Waals surface area contributed by atoms with Crippen LogP contribution in [0.5, 0.6) is 0 Å². The number of H-pyrrole nitrogens is 1. The summed E-state index contributed by atoms with van der Waals surface area (Å²) in [5.74, 6) is 0.524. The Balaban J connectivity index is 1.72. The Bertz CT molecular complexity index is 1110. The molecule has 152 valence electrons. The van der Waals surface area contributed by atoms with Crippen molar-refractivity contribution in [3.8, 4) is 0 Å². The molecule has 0 unspecified atom stereocenters. The molecule has 4 rings (SSSR count). The summed E-state index contributed by atoms with van der Waals surface area (Å²) in [5.41, 5.74) is 3.05. The Morgan fingerprint density at radius 1 is 1.21 bits per heavy atom. The minimum absolute atomic E-state index is 0.0301. The summed E-state index contributed by atoms with van der Waals surface area (Å²) >= 11 is 0. The molecule has 0 spiro atoms. The molecule has 29 heavy (non-hydrogen) atoms. The van der Waals surface area contributed by atoms with Gasteiger partial charge in [-0.15, -0.1) is 0 Å². The normalized spacial score (nSPS) is 14.9. The third kappa shape index (κ3) is 3.64. The van der Waals surface area contributed by atoms with Crippen molar-refractivity contribution in [1.82, 2.24) is 19.7 Å². The van der Waals surface area contributed by atoms with Crippen molar-refractivity contribution in [2.75, 3.05) is 19.4 Å². The van der Waals surface area contributed by atoms with Gasteiger partial charge in [0, 0.05) is 31.5 Å². The van der Waals surface area contributed by atoms with Gasteiger partial charge in [-0.2, -0.15) is 5.10 Å². The number of hydrogen-bond acceptors (Lipinski definition) is 4. The van der Waals surface area contributed by atoms with Crippen LogP contribution in [0.25, 0.3) is 10.9 Å². The van der Waals surface area contributed by atoms with Crippen molar-refractivity contribution < 1.29 is 4.79 Å². The molecule has 0 radical (unpaired) electrons. The van der Waals surface area contributed by atoms with Gasteiger partial charge in [-0.25, -0.2) is 0 Å². The monoisotopic (exact) mass is 393 g/mol. The van der Waals surface area contributed by atoms with E-state index in [0.29, 0.717) is 22.8 Å². The Kier molecular flexibility index (Phi) is 5.13. The molecule has 0 atom stereocenters. The fourth-order valence-electron chi connectivity index (χ4n) is 4.15. The third-order valence-electron chi connectivity index (χ3n) is 5.68. The Morgan fingerprint density at radius 3 is 2.66 bits per heavy atom. The minimum atomic E-state index is -0.150. The van der Waals surface area contributed by atoms with Crippen molar-refractivity contribution >= 4 is 28.3 Å². The molecule has 0 saturated heterocycles. The first-order valence-electron chi connectivity index (χ1n) is 10.1. The number of carbonyl (C=O) groups is 1. The lowest BCUT2D eigenvalue weighted by Crippen LogP contribution is -2.22. The van der Waals surface area contributed by atoms with Crippen LogP contribution >= 0.6 is 0 Å². The lowest BCUT2D eigenvalue weighted by molar-refractivity contribution is 0.0827. The molecular weight excluding hydrogens is 366 g/mol. The van der Waals surface area contributed by atoms with Crippen LogP contribution in [0.4, 0.5) is 11.5 Å². The van der Waals surface area contributed by atoms with Crippen molar-refractivity contribution in [2.45, 2.75) is 45.1 Å². The second-order valence-electron chi connectivity index (χ2n) is 8.01. The van der Waals surface area contributed by atoms with Gasteiger partial charge in [-0.3, -0.25) is 14.3 Å². The first-order valence-corrected chi connectivity index (χ1v) is 10.1. The molecule has 0 aliphatic heterocycles. The number of nitrogens with one attached hydrogen (secondary N) is 2. The van der Waals surface area contributed by atoms with Crippen LogP contribution in [0.1, 0.15) is 54.1 Å². The number of nitrogens with zero attached hydrogens (tertiary/aromatic N) is 3. The molecule has 2 N–H and O–H groups in total. The molecule has 1 fully saturated rings. The number of rotatable bonds is 4. The summed E-state index contributed by atoms with van der Waals surface area (Å²) in [4.78, 5) is 29.2. The Morgan fingerprint density at radius 2 is 1.97 bits per heavy atom. The molecule has 7 heteroatoms. The lowest BCUT2D eigenvalue weighted by Gasteiger charge is -2.22. The first kappa shape index (κ1) is 19.2. The highest BCUT2D eigenvalue weighted by molar-refractivity contribution is 5.96. The fourth-order valence-corrected chi connectivity index (χ4v) is 4.15. The topological polar surface area (TPSA) is 83.0 Å². The van der Waals surface area contributed by atoms with Gasteiger partial charge in [0.25, 0.3) is 11.5 Å². The fraction of sp³-hybridized carbons (Fsp3) is 0.409. The van der Waals surface area contributed by atoms with Gasteiger partial charge in [0.1, 0.15) is 5.39 Å². The third-order valence-corrected chi connectivity index (χ3v) is 5.68. The van der Waals surface area contributed by atoms with E-state index in [9.17, 15) is 9.59 Å². The van der Waals surface area contributed by atoms with Crippen LogP contribution in [0.2, 0.25) is 0 Å². The predicted octanol–water partition coefficient (Wildman–Crippen LogP) is 3.98. The number of hydrogen-bond donors (Lipinski definition) is 2. The van der Waals surface area contributed by atoms with Crippen molar-refractivity contribution in [1.29, 1.82) is 0 Å². The van der Waals surface area contributed by atoms with Gasteiger partial charge in [-0.1, -0.05) is 19.3 Å². The van der Waals surface area contributed by atoms with Gasteiger partial charge >= 0.3 is 0 Å². The van der Waals surface area contributed by atoms with Crippen molar-refractivity contribution in [3.05, 3.63) is 51.9 Å². The number of aromatic nitrogens is 3. The molecule has 1 aromatic carbocycles. The van der Waals surface area contributed by atoms with Gasteiger partial charge in [-0.05, 0) is 49.6 Å². The van der Waals surface area contributed by atoms with E-state index >= 15 is 0 Å². The zero-order valence-electron chi connectivity index (χ0n) is 17.2. The number of benzene rings is 1. The summed E-state index contributed by atoms with van der Waals surface area (Å²) in [5, 5.41) is 8.67. The summed E-state index contributed by atoms with van der Waals surface area (Å²) in [6, 6.07) is 7.83. The van der Waals surface area contributed by atoms with E-state index in [1.165, 1.54) is 19.3 Å². The highest BCUT2D eigenvalue weighted by atomic mass is 16.2. The minimum Gasteiger partial charge on any atom is -0.345 e. The van der Waals surface area contributed by atoms with Gasteiger partial charge in [0.2, 0.25) is 0 Å². The smallest absolute Gasteiger partial charge is 0.261 e. The van der Waals surface area contributed by atoms with Crippen molar-refractivity contribution in [3.63, 3.8) is 0 Å². The number of aromatic amines is 1. The molecule has 2 aromatic heterocycles. The summed E-state index contributed by atoms with van der Waals surface area (Å²) in [6.45, 7) is 1.91. The second kappa shape index (κ2) is 7.73. The Labute approximate surface area is 169 Å². The van der Waals surface area contributed by atoms with E-state index in [0.717, 1.165) is 29.6 Å². The quantitative estimate of drug-likeness (QED) is 0.702. The van der Waals surface area contributed by atoms with Crippen LogP contribution in [-0.4, -0.2) is 39.7 Å². The second-order valence-corrected chi connectivity index (χ2v) is 8.01. The predicted molar refractivity (Wildman–Crippen MR) is 115 cm³/mol. The highest BCUT2D eigenvalue weighted by Gasteiger charge is 2.22. The summed E-state index contributed by atoms with van der Waals surface area (Å²) in [6.07, 6.45) is 7.50. The molecule has 1 amide bonds. The van der Waals surface area contributed by atoms with E-state index in [-0.39, 0.29) is 11.5 Å². The molecule has 1 aliphatic carbocycles. The van der Waals surface area contributed by atoms with Crippen LogP contribution in [0.3, 0.4) is 0 Å². The number of aryl methyl sites for hydroxylation is 1. The summed E-state index contributed by atoms with van der Waals surface area (Å²) < 4.78 is 2.02. The average molecular weight is 393 g/mol. The standard InChI is InChI=1S/C22H27N5O2/c1-14-13-15(9-10-17(14)22(29)26(2)3)24-20-19-18(11-12-23-21(19)28)27(25-20)16-7-5-4-6-8-16/h9-13,16H,4-8H2,1-3H3,(H,23,28)(H,24,25). The van der Waals surface area contributed by atoms with E-state index in [2.05, 4.69) is 10.3 Å². The number of amides is 1. The molecular formula is C22H27N5O2. The molecule has 1 saturated carbocycles. The number of carbonyl (C=O) groups excluding carboxylic acids is 1. The van der Waals surface area contributed by atoms with Crippen LogP contribution in [0, 0.1) is 6.92 Å². The van der Waals surface area contributed by atoms with E-state index in [1.54, 1.807) is 25.2 Å². The van der Waals surface area contributed by atoms with Gasteiger partial charge in [0.15, 0.2) is 5.82 Å². The summed E-state index contributed by atoms with van der Waals surface area (Å²) in [7, 11) is 3.48. The largest absolute Gasteiger partial charge is 0.345 e. The maximum absolute atomic E-state index is 12.6. The van der Waals surface area contributed by atoms with Crippen molar-refractivity contribution in [2.24, 2.45) is 0 Å². The van der Waals surface area contributed by atoms with Crippen LogP contribution in [-0.2, 0) is 0 Å². The van der Waals surface area contributed by atoms with Gasteiger partial charge < -0.3 is 15.2 Å². The maximum atomic E-state index is 12.6. The maximum Gasteiger partial charge on any atom is 0.261 e. The molecule has 3 aromatic rings. The molecule has 0 bridgehead atoms. The van der Waals surface area contributed by atoms with Gasteiger partial charge in [0.05, 0.1) is 11.6 Å². The number of fused-ring (bicyclic) bond motifs is 1. The average Bonchev–Trinajstić information content (AvgIpc) is 3.08. The number of pyridine rings is 1. The van der Waals surface area contributed by atoms with E-state index in [4.69, 9.17) is 5.10 Å².